The van der Waals surface area contributed by atoms with Gasteiger partial charge in [0.1, 0.15) is 5.54 Å². The van der Waals surface area contributed by atoms with Gasteiger partial charge in [0.05, 0.1) is 17.2 Å². The first-order chi connectivity index (χ1) is 11.7. The Morgan fingerprint density at radius 1 is 1.44 bits per heavy atom. The zero-order valence-electron chi connectivity index (χ0n) is 13.2. The minimum atomic E-state index is -4.73. The van der Waals surface area contributed by atoms with Gasteiger partial charge in [0, 0.05) is 24.3 Å². The maximum Gasteiger partial charge on any atom is 0.417 e. The number of carbonyl (C=O) groups is 1. The number of fused-ring (bicyclic) bond motifs is 5. The van der Waals surface area contributed by atoms with Gasteiger partial charge in [-0.1, -0.05) is 0 Å². The number of nitrogens with zero attached hydrogens (tertiary/aromatic N) is 3. The predicted octanol–water partition coefficient (Wildman–Crippen LogP) is 1.64. The molecule has 6 nitrogen and oxygen atoms in total. The Hall–Kier alpha value is -2.31. The highest BCUT2D eigenvalue weighted by atomic mass is 19.4. The van der Waals surface area contributed by atoms with Crippen molar-refractivity contribution in [2.75, 3.05) is 11.4 Å². The van der Waals surface area contributed by atoms with Crippen LogP contribution in [-0.4, -0.2) is 46.4 Å². The van der Waals surface area contributed by atoms with E-state index in [0.29, 0.717) is 13.0 Å². The number of halogens is 3. The van der Waals surface area contributed by atoms with E-state index in [0.717, 1.165) is 17.0 Å². The van der Waals surface area contributed by atoms with Gasteiger partial charge in [0.15, 0.2) is 6.23 Å². The van der Waals surface area contributed by atoms with E-state index in [1.807, 2.05) is 0 Å². The first-order valence-corrected chi connectivity index (χ1v) is 7.85. The van der Waals surface area contributed by atoms with Gasteiger partial charge in [-0.2, -0.15) is 18.4 Å². The Morgan fingerprint density at radius 2 is 2.16 bits per heavy atom. The molecule has 3 unspecified atom stereocenters. The molecule has 3 aliphatic heterocycles. The SMILES string of the molecule is C[C@]12C3CC(CN3)N1C(=O)N(c1ccc(C#N)c(C(F)(F)F)c1)C2O. The molecule has 3 aliphatic rings. The van der Waals surface area contributed by atoms with E-state index in [1.54, 1.807) is 11.8 Å². The maximum atomic E-state index is 13.2. The quantitative estimate of drug-likeness (QED) is 0.805. The third-order valence-electron chi connectivity index (χ3n) is 5.58. The summed E-state index contributed by atoms with van der Waals surface area (Å²) in [5.41, 5.74) is -2.61. The lowest BCUT2D eigenvalue weighted by atomic mass is 9.92. The van der Waals surface area contributed by atoms with Crippen LogP contribution in [0.25, 0.3) is 0 Å². The van der Waals surface area contributed by atoms with Crippen molar-refractivity contribution in [3.05, 3.63) is 29.3 Å². The molecule has 9 heteroatoms. The van der Waals surface area contributed by atoms with Crippen LogP contribution in [0.5, 0.6) is 0 Å². The molecule has 2 amide bonds. The molecular weight excluding hydrogens is 337 g/mol. The van der Waals surface area contributed by atoms with Crippen molar-refractivity contribution in [2.24, 2.45) is 0 Å². The maximum absolute atomic E-state index is 13.2. The van der Waals surface area contributed by atoms with Crippen LogP contribution in [0.2, 0.25) is 0 Å². The Labute approximate surface area is 141 Å². The molecule has 132 valence electrons. The van der Waals surface area contributed by atoms with Gasteiger partial charge >= 0.3 is 12.2 Å². The van der Waals surface area contributed by atoms with Crippen molar-refractivity contribution < 1.29 is 23.1 Å². The molecule has 2 bridgehead atoms. The van der Waals surface area contributed by atoms with E-state index >= 15 is 0 Å². The number of hydrogen-bond acceptors (Lipinski definition) is 4. The zero-order valence-corrected chi connectivity index (χ0v) is 13.2. The molecule has 25 heavy (non-hydrogen) atoms. The van der Waals surface area contributed by atoms with Crippen LogP contribution in [0.4, 0.5) is 23.7 Å². The summed E-state index contributed by atoms with van der Waals surface area (Å²) in [5.74, 6) is 0. The second-order valence-electron chi connectivity index (χ2n) is 6.81. The monoisotopic (exact) mass is 352 g/mol. The topological polar surface area (TPSA) is 79.6 Å². The van der Waals surface area contributed by atoms with Crippen LogP contribution in [0.1, 0.15) is 24.5 Å². The largest absolute Gasteiger partial charge is 0.417 e. The molecule has 0 radical (unpaired) electrons. The number of urea groups is 1. The van der Waals surface area contributed by atoms with Crippen molar-refractivity contribution in [2.45, 2.75) is 43.4 Å². The number of hydrogen-bond donors (Lipinski definition) is 2. The van der Waals surface area contributed by atoms with Gasteiger partial charge in [0.2, 0.25) is 0 Å². The fourth-order valence-electron chi connectivity index (χ4n) is 4.33. The number of amides is 2. The Kier molecular flexibility index (Phi) is 3.15. The molecule has 3 saturated heterocycles. The van der Waals surface area contributed by atoms with Crippen LogP contribution in [-0.2, 0) is 6.18 Å². The standard InChI is InChI=1S/C16H15F3N4O2/c1-15-12-5-10(7-21-12)23(15)14(25)22(13(15)24)9-3-2-8(6-20)11(4-9)16(17,18)19/h2-4,10,12-13,21,24H,5,7H2,1H3/t10?,12?,13?,15-/m1/s1. The third kappa shape index (κ3) is 1.95. The molecule has 2 N–H and O–H groups in total. The lowest BCUT2D eigenvalue weighted by Gasteiger charge is -2.39. The Morgan fingerprint density at radius 3 is 2.76 bits per heavy atom. The molecule has 0 aromatic heterocycles. The number of nitriles is 1. The highest BCUT2D eigenvalue weighted by Crippen LogP contribution is 2.48. The third-order valence-corrected chi connectivity index (χ3v) is 5.58. The minimum Gasteiger partial charge on any atom is -0.371 e. The summed E-state index contributed by atoms with van der Waals surface area (Å²) < 4.78 is 39.6. The number of aliphatic hydroxyl groups excluding tert-OH is 1. The fourth-order valence-corrected chi connectivity index (χ4v) is 4.33. The Bertz CT molecular complexity index is 806. The van der Waals surface area contributed by atoms with E-state index in [9.17, 15) is 23.1 Å². The number of carbonyl (C=O) groups excluding carboxylic acids is 1. The highest BCUT2D eigenvalue weighted by Gasteiger charge is 2.66. The summed E-state index contributed by atoms with van der Waals surface area (Å²) in [6.45, 7) is 2.34. The van der Waals surface area contributed by atoms with Gasteiger partial charge in [-0.05, 0) is 31.5 Å². The summed E-state index contributed by atoms with van der Waals surface area (Å²) in [6.07, 6.45) is -5.29. The Balaban J connectivity index is 1.79. The molecule has 0 saturated carbocycles. The first kappa shape index (κ1) is 16.2. The minimum absolute atomic E-state index is 0.0705. The van der Waals surface area contributed by atoms with Gasteiger partial charge in [-0.15, -0.1) is 0 Å². The second-order valence-corrected chi connectivity index (χ2v) is 6.81. The molecule has 4 rings (SSSR count). The smallest absolute Gasteiger partial charge is 0.371 e. The van der Waals surface area contributed by atoms with Gasteiger partial charge in [-0.25, -0.2) is 4.79 Å². The summed E-state index contributed by atoms with van der Waals surface area (Å²) in [4.78, 5) is 15.4. The van der Waals surface area contributed by atoms with Gasteiger partial charge in [-0.3, -0.25) is 4.90 Å². The van der Waals surface area contributed by atoms with Crippen molar-refractivity contribution in [3.63, 3.8) is 0 Å². The number of nitrogens with one attached hydrogen (secondary N) is 1. The predicted molar refractivity (Wildman–Crippen MR) is 80.5 cm³/mol. The molecular formula is C16H15F3N4O2. The number of rotatable bonds is 1. The van der Waals surface area contributed by atoms with E-state index in [2.05, 4.69) is 5.32 Å². The summed E-state index contributed by atoms with van der Waals surface area (Å²) in [7, 11) is 0. The zero-order chi connectivity index (χ0) is 18.1. The van der Waals surface area contributed by atoms with Crippen LogP contribution < -0.4 is 10.2 Å². The van der Waals surface area contributed by atoms with E-state index in [4.69, 9.17) is 5.26 Å². The van der Waals surface area contributed by atoms with E-state index in [1.165, 1.54) is 12.1 Å². The van der Waals surface area contributed by atoms with Crippen molar-refractivity contribution >= 4 is 11.7 Å². The number of benzene rings is 1. The molecule has 3 heterocycles. The number of aliphatic hydroxyl groups is 1. The van der Waals surface area contributed by atoms with E-state index in [-0.39, 0.29) is 17.8 Å². The van der Waals surface area contributed by atoms with Crippen molar-refractivity contribution in [3.8, 4) is 6.07 Å². The number of alkyl halides is 3. The van der Waals surface area contributed by atoms with Crippen molar-refractivity contribution in [1.29, 1.82) is 5.26 Å². The molecule has 4 atom stereocenters. The van der Waals surface area contributed by atoms with Gasteiger partial charge in [0.25, 0.3) is 0 Å². The van der Waals surface area contributed by atoms with Crippen molar-refractivity contribution in [1.82, 2.24) is 10.2 Å². The number of piperazine rings is 1. The molecule has 1 aromatic carbocycles. The van der Waals surface area contributed by atoms with Crippen LogP contribution in [0.15, 0.2) is 18.2 Å². The lowest BCUT2D eigenvalue weighted by molar-refractivity contribution is -0.137. The highest BCUT2D eigenvalue weighted by molar-refractivity contribution is 5.97. The molecule has 1 aromatic rings. The first-order valence-electron chi connectivity index (χ1n) is 7.85. The summed E-state index contributed by atoms with van der Waals surface area (Å²) in [5, 5.41) is 22.9. The fraction of sp³-hybridized carbons (Fsp3) is 0.500. The molecule has 3 fully saturated rings. The summed E-state index contributed by atoms with van der Waals surface area (Å²) in [6, 6.07) is 3.84. The van der Waals surface area contributed by atoms with Crippen LogP contribution in [0.3, 0.4) is 0 Å². The van der Waals surface area contributed by atoms with Gasteiger partial charge < -0.3 is 15.3 Å². The normalized spacial score (nSPS) is 33.8. The van der Waals surface area contributed by atoms with E-state index < -0.39 is 35.1 Å². The molecule has 0 spiro atoms. The average molecular weight is 352 g/mol. The van der Waals surface area contributed by atoms with Crippen LogP contribution >= 0.6 is 0 Å². The second kappa shape index (κ2) is 4.86. The van der Waals surface area contributed by atoms with Crippen LogP contribution in [0, 0.1) is 11.3 Å². The molecule has 0 aliphatic carbocycles. The lowest BCUT2D eigenvalue weighted by Crippen LogP contribution is -2.61. The average Bonchev–Trinajstić information content (AvgIpc) is 3.18. The number of anilines is 1. The summed E-state index contributed by atoms with van der Waals surface area (Å²) >= 11 is 0.